The number of hydrogen-bond donors (Lipinski definition) is 1. The van der Waals surface area contributed by atoms with Crippen LogP contribution in [0.2, 0.25) is 0 Å². The van der Waals surface area contributed by atoms with Crippen molar-refractivity contribution < 1.29 is 14.7 Å². The van der Waals surface area contributed by atoms with Gasteiger partial charge in [-0.2, -0.15) is 5.10 Å². The number of carbonyl (C=O) groups excluding carboxylic acids is 2. The molecular weight excluding hydrogens is 388 g/mol. The third-order valence-corrected chi connectivity index (χ3v) is 9.98. The van der Waals surface area contributed by atoms with Crippen LogP contribution in [-0.4, -0.2) is 32.1 Å². The van der Waals surface area contributed by atoms with Gasteiger partial charge in [-0.15, -0.1) is 0 Å². The Balaban J connectivity index is 1.29. The fourth-order valence-corrected chi connectivity index (χ4v) is 8.51. The summed E-state index contributed by atoms with van der Waals surface area (Å²) < 4.78 is 1.65. The number of ketones is 2. The van der Waals surface area contributed by atoms with Crippen LogP contribution < -0.4 is 0 Å². The van der Waals surface area contributed by atoms with Crippen molar-refractivity contribution in [2.24, 2.45) is 40.9 Å². The van der Waals surface area contributed by atoms with Gasteiger partial charge >= 0.3 is 0 Å². The first-order chi connectivity index (χ1) is 14.7. The maximum absolute atomic E-state index is 13.3. The summed E-state index contributed by atoms with van der Waals surface area (Å²) in [6, 6.07) is 0. The zero-order chi connectivity index (χ0) is 22.0. The molecule has 4 aliphatic rings. The number of hydrogen-bond acceptors (Lipinski definition) is 4. The second-order valence-corrected chi connectivity index (χ2v) is 11.8. The fourth-order valence-electron chi connectivity index (χ4n) is 8.51. The van der Waals surface area contributed by atoms with Crippen LogP contribution in [0.1, 0.15) is 88.9 Å². The monoisotopic (exact) mass is 426 g/mol. The Bertz CT molecular complexity index is 874. The van der Waals surface area contributed by atoms with E-state index in [-0.39, 0.29) is 23.7 Å². The second kappa shape index (κ2) is 7.54. The van der Waals surface area contributed by atoms with Crippen LogP contribution in [0.25, 0.3) is 0 Å². The number of Topliss-reactive ketones (excluding diaryl/α,β-unsaturated/α-hetero) is 2. The van der Waals surface area contributed by atoms with Gasteiger partial charge in [-0.05, 0) is 107 Å². The average molecular weight is 427 g/mol. The quantitative estimate of drug-likeness (QED) is 0.710. The molecule has 0 radical (unpaired) electrons. The van der Waals surface area contributed by atoms with E-state index in [2.05, 4.69) is 12.0 Å². The lowest BCUT2D eigenvalue weighted by atomic mass is 9.49. The van der Waals surface area contributed by atoms with Crippen LogP contribution in [0, 0.1) is 40.9 Å². The van der Waals surface area contributed by atoms with E-state index in [1.54, 1.807) is 17.1 Å². The van der Waals surface area contributed by atoms with E-state index in [1.165, 1.54) is 39.0 Å². The summed E-state index contributed by atoms with van der Waals surface area (Å²) in [7, 11) is 0. The summed E-state index contributed by atoms with van der Waals surface area (Å²) in [5.41, 5.74) is 0.227. The molecule has 8 atom stereocenters. The van der Waals surface area contributed by atoms with Crippen molar-refractivity contribution in [1.29, 1.82) is 0 Å². The molecule has 4 aliphatic carbocycles. The molecule has 0 aliphatic heterocycles. The van der Waals surface area contributed by atoms with Gasteiger partial charge in [-0.1, -0.05) is 6.92 Å². The first kappa shape index (κ1) is 21.4. The van der Waals surface area contributed by atoms with Crippen molar-refractivity contribution in [3.05, 3.63) is 18.0 Å². The number of nitrogens with zero attached hydrogens (tertiary/aromatic N) is 2. The number of aromatic nitrogens is 2. The van der Waals surface area contributed by atoms with Crippen molar-refractivity contribution in [3.8, 4) is 0 Å². The second-order valence-electron chi connectivity index (χ2n) is 11.8. The molecule has 0 amide bonds. The van der Waals surface area contributed by atoms with Gasteiger partial charge in [0.2, 0.25) is 0 Å². The third kappa shape index (κ3) is 3.61. The molecule has 1 aromatic rings. The molecule has 170 valence electrons. The van der Waals surface area contributed by atoms with Gasteiger partial charge in [0.25, 0.3) is 0 Å². The highest BCUT2D eigenvalue weighted by Gasteiger charge is 2.58. The highest BCUT2D eigenvalue weighted by Crippen LogP contribution is 2.64. The van der Waals surface area contributed by atoms with Gasteiger partial charge in [0, 0.05) is 12.1 Å². The Morgan fingerprint density at radius 1 is 1.06 bits per heavy atom. The molecule has 4 fully saturated rings. The third-order valence-electron chi connectivity index (χ3n) is 9.98. The van der Waals surface area contributed by atoms with Crippen LogP contribution in [0.4, 0.5) is 0 Å². The SMILES string of the molecule is CC(=O)c1cnn(CC(=O)[C@H]2CC[C@H]3[C@@H]4CC[C@@H]5C[C@](C)(O)CC[C@@H]5[C@H]4CC[C@]23C)c1. The summed E-state index contributed by atoms with van der Waals surface area (Å²) in [5, 5.41) is 14.8. The summed E-state index contributed by atoms with van der Waals surface area (Å²) in [6.45, 7) is 6.24. The predicted octanol–water partition coefficient (Wildman–Crippen LogP) is 4.67. The Labute approximate surface area is 186 Å². The van der Waals surface area contributed by atoms with Crippen LogP contribution in [0.3, 0.4) is 0 Å². The Morgan fingerprint density at radius 2 is 1.84 bits per heavy atom. The van der Waals surface area contributed by atoms with E-state index in [0.29, 0.717) is 23.2 Å². The largest absolute Gasteiger partial charge is 0.390 e. The maximum atomic E-state index is 13.3. The van der Waals surface area contributed by atoms with Crippen molar-refractivity contribution in [1.82, 2.24) is 9.78 Å². The minimum Gasteiger partial charge on any atom is -0.390 e. The Morgan fingerprint density at radius 3 is 2.58 bits per heavy atom. The van der Waals surface area contributed by atoms with Crippen LogP contribution >= 0.6 is 0 Å². The normalized spacial score (nSPS) is 44.3. The average Bonchev–Trinajstić information content (AvgIpc) is 3.31. The fraction of sp³-hybridized carbons (Fsp3) is 0.808. The predicted molar refractivity (Wildman–Crippen MR) is 118 cm³/mol. The molecule has 1 aromatic heterocycles. The van der Waals surface area contributed by atoms with Crippen LogP contribution in [-0.2, 0) is 11.3 Å². The summed E-state index contributed by atoms with van der Waals surface area (Å²) in [5.74, 6) is 4.10. The van der Waals surface area contributed by atoms with Gasteiger partial charge in [0.1, 0.15) is 0 Å². The summed E-state index contributed by atoms with van der Waals surface area (Å²) in [4.78, 5) is 24.9. The van der Waals surface area contributed by atoms with E-state index >= 15 is 0 Å². The number of carbonyl (C=O) groups is 2. The minimum absolute atomic E-state index is 0.00950. The molecule has 0 aromatic carbocycles. The van der Waals surface area contributed by atoms with Crippen molar-refractivity contribution in [2.45, 2.75) is 90.7 Å². The van der Waals surface area contributed by atoms with Crippen molar-refractivity contribution >= 4 is 11.6 Å². The molecule has 1 N–H and O–H groups in total. The van der Waals surface area contributed by atoms with Gasteiger partial charge in [0.15, 0.2) is 11.6 Å². The number of fused-ring (bicyclic) bond motifs is 5. The molecule has 4 saturated carbocycles. The molecule has 5 nitrogen and oxygen atoms in total. The molecule has 0 unspecified atom stereocenters. The molecular formula is C26H38N2O3. The number of aliphatic hydroxyl groups is 1. The molecule has 0 bridgehead atoms. The topological polar surface area (TPSA) is 72.2 Å². The van der Waals surface area contributed by atoms with E-state index < -0.39 is 5.60 Å². The van der Waals surface area contributed by atoms with E-state index in [0.717, 1.165) is 43.4 Å². The smallest absolute Gasteiger partial charge is 0.162 e. The molecule has 5 rings (SSSR count). The highest BCUT2D eigenvalue weighted by molar-refractivity contribution is 5.93. The Hall–Kier alpha value is -1.49. The lowest BCUT2D eigenvalue weighted by molar-refractivity contribution is -0.133. The lowest BCUT2D eigenvalue weighted by Gasteiger charge is -2.56. The van der Waals surface area contributed by atoms with Crippen LogP contribution in [0.15, 0.2) is 12.4 Å². The highest BCUT2D eigenvalue weighted by atomic mass is 16.3. The zero-order valence-electron chi connectivity index (χ0n) is 19.3. The molecule has 1 heterocycles. The van der Waals surface area contributed by atoms with Crippen molar-refractivity contribution in [3.63, 3.8) is 0 Å². The van der Waals surface area contributed by atoms with Crippen LogP contribution in [0.5, 0.6) is 0 Å². The van der Waals surface area contributed by atoms with E-state index in [4.69, 9.17) is 0 Å². The summed E-state index contributed by atoms with van der Waals surface area (Å²) >= 11 is 0. The van der Waals surface area contributed by atoms with Gasteiger partial charge in [0.05, 0.1) is 23.9 Å². The zero-order valence-corrected chi connectivity index (χ0v) is 19.3. The lowest BCUT2D eigenvalue weighted by Crippen LogP contribution is -2.51. The van der Waals surface area contributed by atoms with E-state index in [1.807, 2.05) is 6.92 Å². The standard InChI is InChI=1S/C26H38N2O3/c1-16(29)18-13-27-28(14-18)15-24(30)23-7-6-22-21-5-4-17-12-25(2,31)10-8-19(17)20(21)9-11-26(22,23)3/h13-14,17,19-23,31H,4-12,15H2,1-3H3/t17-,19+,20-,21-,22+,23-,25-,26+/m1/s1. The first-order valence-corrected chi connectivity index (χ1v) is 12.5. The molecule has 0 saturated heterocycles. The van der Waals surface area contributed by atoms with Gasteiger partial charge < -0.3 is 5.11 Å². The van der Waals surface area contributed by atoms with Gasteiger partial charge in [-0.3, -0.25) is 14.3 Å². The molecule has 5 heteroatoms. The first-order valence-electron chi connectivity index (χ1n) is 12.5. The summed E-state index contributed by atoms with van der Waals surface area (Å²) in [6.07, 6.45) is 13.5. The molecule has 31 heavy (non-hydrogen) atoms. The van der Waals surface area contributed by atoms with Gasteiger partial charge in [-0.25, -0.2) is 0 Å². The van der Waals surface area contributed by atoms with E-state index in [9.17, 15) is 14.7 Å². The van der Waals surface area contributed by atoms with Crippen molar-refractivity contribution in [2.75, 3.05) is 0 Å². The maximum Gasteiger partial charge on any atom is 0.162 e. The number of rotatable bonds is 4. The minimum atomic E-state index is -0.461. The Kier molecular flexibility index (Phi) is 5.19. The molecule has 0 spiro atoms.